The van der Waals surface area contributed by atoms with Crippen LogP contribution < -0.4 is 0 Å². The van der Waals surface area contributed by atoms with Crippen LogP contribution in [0.4, 0.5) is 0 Å². The highest BCUT2D eigenvalue weighted by Crippen LogP contribution is 2.31. The topological polar surface area (TPSA) is 26.3 Å². The minimum Gasteiger partial charge on any atom is -0.469 e. The smallest absolute Gasteiger partial charge is 0.305 e. The Morgan fingerprint density at radius 1 is 1.62 bits per heavy atom. The van der Waals surface area contributed by atoms with Crippen molar-refractivity contribution < 1.29 is 9.53 Å². The van der Waals surface area contributed by atoms with Gasteiger partial charge < -0.3 is 4.74 Å². The monoisotopic (exact) mass is 198 g/mol. The molecule has 0 fully saturated rings. The van der Waals surface area contributed by atoms with Gasteiger partial charge >= 0.3 is 5.97 Å². The molecular formula is C10H18O2Si. The third-order valence-electron chi connectivity index (χ3n) is 2.53. The normalized spacial score (nSPS) is 19.8. The van der Waals surface area contributed by atoms with Gasteiger partial charge in [0.15, 0.2) is 0 Å². The number of allylic oxidation sites excluding steroid dienone is 2. The fourth-order valence-corrected chi connectivity index (χ4v) is 4.27. The summed E-state index contributed by atoms with van der Waals surface area (Å²) in [6.07, 6.45) is 3.78. The van der Waals surface area contributed by atoms with Crippen LogP contribution in [0.3, 0.4) is 0 Å². The average molecular weight is 198 g/mol. The van der Waals surface area contributed by atoms with Gasteiger partial charge in [0.2, 0.25) is 0 Å². The molecule has 0 radical (unpaired) electrons. The van der Waals surface area contributed by atoms with E-state index in [9.17, 15) is 4.79 Å². The molecule has 1 heterocycles. The Kier molecular flexibility index (Phi) is 3.31. The van der Waals surface area contributed by atoms with Crippen molar-refractivity contribution in [1.29, 1.82) is 0 Å². The molecule has 74 valence electrons. The standard InChI is InChI=1S/C10H18O2Si/c1-12-10(11)5-4-9-6-7-13(2,3)8-9/h6H,4-5,7-8H2,1-3H3. The Hall–Kier alpha value is -0.573. The molecule has 0 aliphatic carbocycles. The van der Waals surface area contributed by atoms with E-state index in [1.807, 2.05) is 0 Å². The molecule has 0 unspecified atom stereocenters. The largest absolute Gasteiger partial charge is 0.469 e. The van der Waals surface area contributed by atoms with Crippen LogP contribution in [0.25, 0.3) is 0 Å². The summed E-state index contributed by atoms with van der Waals surface area (Å²) in [6.45, 7) is 4.79. The zero-order chi connectivity index (χ0) is 9.90. The first-order chi connectivity index (χ1) is 6.03. The lowest BCUT2D eigenvalue weighted by Crippen LogP contribution is -2.19. The molecule has 1 rings (SSSR count). The molecule has 1 aliphatic rings. The first kappa shape index (κ1) is 10.5. The fourth-order valence-electron chi connectivity index (χ4n) is 1.73. The number of methoxy groups -OCH3 is 1. The second-order valence-electron chi connectivity index (χ2n) is 4.48. The van der Waals surface area contributed by atoms with Crippen LogP contribution >= 0.6 is 0 Å². The van der Waals surface area contributed by atoms with Crippen LogP contribution in [-0.2, 0) is 9.53 Å². The molecular weight excluding hydrogens is 180 g/mol. The SMILES string of the molecule is COC(=O)CCC1=CC[Si](C)(C)C1. The molecule has 0 atom stereocenters. The maximum Gasteiger partial charge on any atom is 0.305 e. The first-order valence-corrected chi connectivity index (χ1v) is 8.20. The molecule has 0 saturated heterocycles. The van der Waals surface area contributed by atoms with Crippen molar-refractivity contribution >= 4 is 14.0 Å². The highest BCUT2D eigenvalue weighted by atomic mass is 28.3. The van der Waals surface area contributed by atoms with Crippen LogP contribution in [0.15, 0.2) is 11.6 Å². The number of carbonyl (C=O) groups excluding carboxylic acids is 1. The lowest BCUT2D eigenvalue weighted by Gasteiger charge is -2.13. The molecule has 0 amide bonds. The van der Waals surface area contributed by atoms with Crippen molar-refractivity contribution in [1.82, 2.24) is 0 Å². The minimum atomic E-state index is -0.930. The van der Waals surface area contributed by atoms with Gasteiger partial charge in [0.05, 0.1) is 15.2 Å². The molecule has 0 spiro atoms. The summed E-state index contributed by atoms with van der Waals surface area (Å²) in [5.74, 6) is -0.0905. The van der Waals surface area contributed by atoms with Crippen LogP contribution in [0, 0.1) is 0 Å². The number of carbonyl (C=O) groups is 1. The van der Waals surface area contributed by atoms with E-state index in [4.69, 9.17) is 0 Å². The van der Waals surface area contributed by atoms with Gasteiger partial charge in [-0.05, 0) is 18.5 Å². The lowest BCUT2D eigenvalue weighted by molar-refractivity contribution is -0.140. The minimum absolute atomic E-state index is 0.0905. The maximum absolute atomic E-state index is 10.9. The Balaban J connectivity index is 2.29. The predicted octanol–water partition coefficient (Wildman–Crippen LogP) is 2.59. The molecule has 0 aromatic carbocycles. The number of rotatable bonds is 3. The van der Waals surface area contributed by atoms with Gasteiger partial charge in [-0.1, -0.05) is 24.7 Å². The Bertz CT molecular complexity index is 231. The van der Waals surface area contributed by atoms with Crippen LogP contribution in [0.5, 0.6) is 0 Å². The summed E-state index contributed by atoms with van der Waals surface area (Å²) in [7, 11) is 0.518. The van der Waals surface area contributed by atoms with Crippen molar-refractivity contribution in [3.05, 3.63) is 11.6 Å². The zero-order valence-electron chi connectivity index (χ0n) is 8.72. The average Bonchev–Trinajstić information content (AvgIpc) is 2.41. The van der Waals surface area contributed by atoms with E-state index in [1.165, 1.54) is 24.8 Å². The van der Waals surface area contributed by atoms with E-state index < -0.39 is 8.07 Å². The van der Waals surface area contributed by atoms with Crippen LogP contribution in [0.2, 0.25) is 25.2 Å². The molecule has 2 nitrogen and oxygen atoms in total. The van der Waals surface area contributed by atoms with Gasteiger partial charge in [0.25, 0.3) is 0 Å². The van der Waals surface area contributed by atoms with Gasteiger partial charge in [-0.3, -0.25) is 4.79 Å². The van der Waals surface area contributed by atoms with Crippen LogP contribution in [-0.4, -0.2) is 21.2 Å². The van der Waals surface area contributed by atoms with E-state index in [-0.39, 0.29) is 5.97 Å². The number of hydrogen-bond donors (Lipinski definition) is 0. The maximum atomic E-state index is 10.9. The van der Waals surface area contributed by atoms with Crippen molar-refractivity contribution in [2.45, 2.75) is 38.0 Å². The van der Waals surface area contributed by atoms with Gasteiger partial charge in [-0.25, -0.2) is 0 Å². The summed E-state index contributed by atoms with van der Waals surface area (Å²) in [5.41, 5.74) is 1.47. The Morgan fingerprint density at radius 2 is 2.31 bits per heavy atom. The summed E-state index contributed by atoms with van der Waals surface area (Å²) in [6, 6.07) is 2.55. The third kappa shape index (κ3) is 3.34. The Morgan fingerprint density at radius 3 is 2.77 bits per heavy atom. The molecule has 0 aromatic heterocycles. The Labute approximate surface area is 81.0 Å². The van der Waals surface area contributed by atoms with Crippen molar-refractivity contribution in [3.8, 4) is 0 Å². The summed E-state index contributed by atoms with van der Waals surface area (Å²) in [5, 5.41) is 0. The van der Waals surface area contributed by atoms with E-state index >= 15 is 0 Å². The second kappa shape index (κ2) is 4.09. The van der Waals surface area contributed by atoms with E-state index in [0.29, 0.717) is 6.42 Å². The predicted molar refractivity (Wildman–Crippen MR) is 56.4 cm³/mol. The van der Waals surface area contributed by atoms with Gasteiger partial charge in [0, 0.05) is 6.42 Å². The van der Waals surface area contributed by atoms with Gasteiger partial charge in [-0.2, -0.15) is 0 Å². The summed E-state index contributed by atoms with van der Waals surface area (Å²) in [4.78, 5) is 10.9. The zero-order valence-corrected chi connectivity index (χ0v) is 9.72. The lowest BCUT2D eigenvalue weighted by atomic mass is 10.1. The molecule has 0 N–H and O–H groups in total. The highest BCUT2D eigenvalue weighted by molar-refractivity contribution is 6.79. The van der Waals surface area contributed by atoms with Crippen molar-refractivity contribution in [3.63, 3.8) is 0 Å². The number of ether oxygens (including phenoxy) is 1. The van der Waals surface area contributed by atoms with Gasteiger partial charge in [-0.15, -0.1) is 0 Å². The van der Waals surface area contributed by atoms with Crippen molar-refractivity contribution in [2.24, 2.45) is 0 Å². The van der Waals surface area contributed by atoms with E-state index in [0.717, 1.165) is 6.42 Å². The molecule has 0 bridgehead atoms. The number of esters is 1. The fraction of sp³-hybridized carbons (Fsp3) is 0.700. The first-order valence-electron chi connectivity index (χ1n) is 4.78. The van der Waals surface area contributed by atoms with Crippen molar-refractivity contribution in [2.75, 3.05) is 7.11 Å². The molecule has 0 saturated carbocycles. The molecule has 1 aliphatic heterocycles. The summed E-state index contributed by atoms with van der Waals surface area (Å²) >= 11 is 0. The third-order valence-corrected chi connectivity index (χ3v) is 5.25. The quantitative estimate of drug-likeness (QED) is 0.396. The van der Waals surface area contributed by atoms with E-state index in [1.54, 1.807) is 0 Å². The number of hydrogen-bond acceptors (Lipinski definition) is 2. The molecule has 13 heavy (non-hydrogen) atoms. The highest BCUT2D eigenvalue weighted by Gasteiger charge is 2.26. The molecule has 3 heteroatoms. The van der Waals surface area contributed by atoms with E-state index in [2.05, 4.69) is 23.9 Å². The second-order valence-corrected chi connectivity index (χ2v) is 9.57. The van der Waals surface area contributed by atoms with Crippen LogP contribution in [0.1, 0.15) is 12.8 Å². The molecule has 0 aromatic rings. The summed E-state index contributed by atoms with van der Waals surface area (Å²) < 4.78 is 4.61. The van der Waals surface area contributed by atoms with Gasteiger partial charge in [0.1, 0.15) is 0 Å².